The number of esters is 2. The van der Waals surface area contributed by atoms with Crippen molar-refractivity contribution in [2.75, 3.05) is 27.9 Å². The van der Waals surface area contributed by atoms with Crippen molar-refractivity contribution < 1.29 is 28.5 Å². The van der Waals surface area contributed by atoms with Crippen LogP contribution in [0.25, 0.3) is 0 Å². The van der Waals surface area contributed by atoms with E-state index in [2.05, 4.69) is 14.2 Å². The maximum atomic E-state index is 10.6. The van der Waals surface area contributed by atoms with Crippen LogP contribution in [0, 0.1) is 0 Å². The molecule has 6 heteroatoms. The second-order valence-corrected chi connectivity index (χ2v) is 3.02. The third-order valence-electron chi connectivity index (χ3n) is 1.84. The lowest BCUT2D eigenvalue weighted by atomic mass is 10.4. The van der Waals surface area contributed by atoms with Gasteiger partial charge in [-0.3, -0.25) is 0 Å². The fourth-order valence-electron chi connectivity index (χ4n) is 0.746. The molecule has 0 spiro atoms. The molecule has 0 radical (unpaired) electrons. The average molecular weight is 250 g/mol. The van der Waals surface area contributed by atoms with E-state index in [4.69, 9.17) is 4.74 Å². The second-order valence-electron chi connectivity index (χ2n) is 3.02. The summed E-state index contributed by atoms with van der Waals surface area (Å²) in [4.78, 5) is 21.0. The Morgan fingerprint density at radius 1 is 0.941 bits per heavy atom. The van der Waals surface area contributed by atoms with Crippen LogP contribution in [0.2, 0.25) is 0 Å². The Bertz CT molecular complexity index is 216. The van der Waals surface area contributed by atoms with E-state index < -0.39 is 12.2 Å². The molecule has 2 atom stereocenters. The zero-order valence-corrected chi connectivity index (χ0v) is 11.3. The first-order valence-electron chi connectivity index (χ1n) is 5.24. The Balaban J connectivity index is 0. The van der Waals surface area contributed by atoms with E-state index in [1.807, 2.05) is 6.92 Å². The van der Waals surface area contributed by atoms with Crippen molar-refractivity contribution in [2.45, 2.75) is 33.0 Å². The van der Waals surface area contributed by atoms with Gasteiger partial charge >= 0.3 is 11.9 Å². The molecule has 0 saturated carbocycles. The lowest BCUT2D eigenvalue weighted by Gasteiger charge is -2.07. The number of ether oxygens (including phenoxy) is 4. The molecule has 0 heterocycles. The maximum Gasteiger partial charge on any atom is 0.334 e. The first-order chi connectivity index (χ1) is 7.94. The molecular weight excluding hydrogens is 228 g/mol. The van der Waals surface area contributed by atoms with Crippen molar-refractivity contribution in [1.29, 1.82) is 0 Å². The van der Waals surface area contributed by atoms with E-state index in [1.54, 1.807) is 13.8 Å². The molecule has 0 aliphatic rings. The first-order valence-corrected chi connectivity index (χ1v) is 5.24. The van der Waals surface area contributed by atoms with Gasteiger partial charge in [-0.25, -0.2) is 9.59 Å². The van der Waals surface area contributed by atoms with Crippen molar-refractivity contribution in [3.8, 4) is 0 Å². The molecule has 0 aromatic carbocycles. The molecule has 0 N–H and O–H groups in total. The SMILES string of the molecule is CCOC(C)C(=O)OC.COC(=O)C(C)OC. The molecule has 17 heavy (non-hydrogen) atoms. The summed E-state index contributed by atoms with van der Waals surface area (Å²) < 4.78 is 18.3. The van der Waals surface area contributed by atoms with E-state index in [9.17, 15) is 9.59 Å². The van der Waals surface area contributed by atoms with Gasteiger partial charge in [0.1, 0.15) is 0 Å². The number of methoxy groups -OCH3 is 3. The van der Waals surface area contributed by atoms with Crippen LogP contribution in [0.5, 0.6) is 0 Å². The highest BCUT2D eigenvalue weighted by molar-refractivity contribution is 5.74. The number of carbonyl (C=O) groups is 2. The summed E-state index contributed by atoms with van der Waals surface area (Å²) in [5, 5.41) is 0. The molecule has 0 fully saturated rings. The van der Waals surface area contributed by atoms with Crippen LogP contribution < -0.4 is 0 Å². The highest BCUT2D eigenvalue weighted by Crippen LogP contribution is 1.91. The highest BCUT2D eigenvalue weighted by Gasteiger charge is 2.11. The van der Waals surface area contributed by atoms with Crippen molar-refractivity contribution in [2.24, 2.45) is 0 Å². The summed E-state index contributed by atoms with van der Waals surface area (Å²) in [5.74, 6) is -0.663. The van der Waals surface area contributed by atoms with Crippen LogP contribution in [0.15, 0.2) is 0 Å². The molecule has 0 rings (SSSR count). The van der Waals surface area contributed by atoms with Crippen molar-refractivity contribution in [3.05, 3.63) is 0 Å². The minimum absolute atomic E-state index is 0.322. The summed E-state index contributed by atoms with van der Waals surface area (Å²) in [5.41, 5.74) is 0. The minimum atomic E-state index is -0.444. The van der Waals surface area contributed by atoms with Crippen LogP contribution in [0.3, 0.4) is 0 Å². The summed E-state index contributed by atoms with van der Waals surface area (Å²) in [6.45, 7) is 5.66. The summed E-state index contributed by atoms with van der Waals surface area (Å²) >= 11 is 0. The minimum Gasteiger partial charge on any atom is -0.467 e. The van der Waals surface area contributed by atoms with Crippen LogP contribution in [-0.4, -0.2) is 52.1 Å². The van der Waals surface area contributed by atoms with Gasteiger partial charge in [-0.15, -0.1) is 0 Å². The molecule has 0 aliphatic heterocycles. The summed E-state index contributed by atoms with van der Waals surface area (Å²) in [6, 6.07) is 0. The van der Waals surface area contributed by atoms with Crippen LogP contribution in [0.1, 0.15) is 20.8 Å². The lowest BCUT2D eigenvalue weighted by molar-refractivity contribution is -0.152. The van der Waals surface area contributed by atoms with E-state index in [0.717, 1.165) is 0 Å². The number of hydrogen-bond acceptors (Lipinski definition) is 6. The standard InChI is InChI=1S/C6H12O3.C5H10O3/c1-4-9-5(2)6(7)8-3;1-4(7-2)5(6)8-3/h5H,4H2,1-3H3;4H,1-3H3. The largest absolute Gasteiger partial charge is 0.467 e. The van der Waals surface area contributed by atoms with Gasteiger partial charge in [0.15, 0.2) is 12.2 Å². The predicted molar refractivity (Wildman–Crippen MR) is 61.6 cm³/mol. The molecule has 2 unspecified atom stereocenters. The van der Waals surface area contributed by atoms with E-state index in [0.29, 0.717) is 6.61 Å². The highest BCUT2D eigenvalue weighted by atomic mass is 16.6. The Labute approximate surface area is 102 Å². The third kappa shape index (κ3) is 9.77. The Hall–Kier alpha value is -1.14. The molecule has 102 valence electrons. The molecule has 0 aliphatic carbocycles. The molecule has 0 aromatic heterocycles. The Morgan fingerprint density at radius 3 is 1.59 bits per heavy atom. The van der Waals surface area contributed by atoms with Crippen molar-refractivity contribution >= 4 is 11.9 Å². The zero-order chi connectivity index (χ0) is 13.8. The molecule has 0 saturated heterocycles. The van der Waals surface area contributed by atoms with Crippen LogP contribution in [0.4, 0.5) is 0 Å². The fourth-order valence-corrected chi connectivity index (χ4v) is 0.746. The summed E-state index contributed by atoms with van der Waals surface area (Å²) in [7, 11) is 4.14. The van der Waals surface area contributed by atoms with Gasteiger partial charge in [0.05, 0.1) is 14.2 Å². The summed E-state index contributed by atoms with van der Waals surface area (Å²) in [6.07, 6.45) is -0.875. The zero-order valence-electron chi connectivity index (χ0n) is 11.3. The quantitative estimate of drug-likeness (QED) is 0.671. The predicted octanol–water partition coefficient (Wildman–Crippen LogP) is 0.779. The first kappa shape index (κ1) is 18.2. The van der Waals surface area contributed by atoms with E-state index in [-0.39, 0.29) is 11.9 Å². The topological polar surface area (TPSA) is 71.1 Å². The van der Waals surface area contributed by atoms with Gasteiger partial charge in [0.2, 0.25) is 0 Å². The number of carbonyl (C=O) groups excluding carboxylic acids is 2. The van der Waals surface area contributed by atoms with Gasteiger partial charge in [0.25, 0.3) is 0 Å². The average Bonchev–Trinajstić information content (AvgIpc) is 2.36. The van der Waals surface area contributed by atoms with Crippen molar-refractivity contribution in [1.82, 2.24) is 0 Å². The Kier molecular flexibility index (Phi) is 12.2. The number of rotatable bonds is 5. The smallest absolute Gasteiger partial charge is 0.334 e. The van der Waals surface area contributed by atoms with E-state index >= 15 is 0 Å². The Morgan fingerprint density at radius 2 is 1.35 bits per heavy atom. The van der Waals surface area contributed by atoms with Gasteiger partial charge in [-0.05, 0) is 20.8 Å². The molecule has 0 aromatic rings. The van der Waals surface area contributed by atoms with Gasteiger partial charge in [-0.1, -0.05) is 0 Å². The molecule has 0 bridgehead atoms. The van der Waals surface area contributed by atoms with Crippen molar-refractivity contribution in [3.63, 3.8) is 0 Å². The third-order valence-corrected chi connectivity index (χ3v) is 1.84. The molecule has 6 nitrogen and oxygen atoms in total. The lowest BCUT2D eigenvalue weighted by Crippen LogP contribution is -2.21. The van der Waals surface area contributed by atoms with Crippen LogP contribution in [-0.2, 0) is 28.5 Å². The fraction of sp³-hybridized carbons (Fsp3) is 0.818. The van der Waals surface area contributed by atoms with Gasteiger partial charge in [0, 0.05) is 13.7 Å². The van der Waals surface area contributed by atoms with Gasteiger partial charge < -0.3 is 18.9 Å². The molecular formula is C11H22O6. The van der Waals surface area contributed by atoms with Gasteiger partial charge in [-0.2, -0.15) is 0 Å². The van der Waals surface area contributed by atoms with E-state index in [1.165, 1.54) is 21.3 Å². The maximum absolute atomic E-state index is 10.6. The number of hydrogen-bond donors (Lipinski definition) is 0. The van der Waals surface area contributed by atoms with Crippen LogP contribution >= 0.6 is 0 Å². The monoisotopic (exact) mass is 250 g/mol. The molecule has 0 amide bonds. The second kappa shape index (κ2) is 11.3. The normalized spacial score (nSPS) is 12.8.